The van der Waals surface area contributed by atoms with Crippen LogP contribution in [0.15, 0.2) is 36.1 Å². The van der Waals surface area contributed by atoms with Crippen LogP contribution in [0.1, 0.15) is 17.2 Å². The van der Waals surface area contributed by atoms with Crippen molar-refractivity contribution in [1.82, 2.24) is 0 Å². The van der Waals surface area contributed by atoms with Gasteiger partial charge in [-0.05, 0) is 18.2 Å². The molecule has 1 fully saturated rings. The molecule has 31 heavy (non-hydrogen) atoms. The zero-order chi connectivity index (χ0) is 22.3. The summed E-state index contributed by atoms with van der Waals surface area (Å²) in [5, 5.41) is 59.8. The van der Waals surface area contributed by atoms with Crippen molar-refractivity contribution in [3.63, 3.8) is 0 Å². The Kier molecular flexibility index (Phi) is 5.54. The van der Waals surface area contributed by atoms with Crippen molar-refractivity contribution in [1.29, 1.82) is 0 Å². The molecule has 10 heteroatoms. The van der Waals surface area contributed by atoms with Gasteiger partial charge in [-0.25, -0.2) is 0 Å². The van der Waals surface area contributed by atoms with E-state index in [1.807, 2.05) is 0 Å². The number of phenolic OH excluding ortho intramolecular Hbond substituents is 3. The number of aromatic hydroxyl groups is 3. The number of fused-ring (bicyclic) bond motifs is 1. The molecule has 2 heterocycles. The highest BCUT2D eigenvalue weighted by atomic mass is 16.7. The lowest BCUT2D eigenvalue weighted by atomic mass is 10.0. The lowest BCUT2D eigenvalue weighted by Gasteiger charge is -2.37. The number of hydrogen-bond acceptors (Lipinski definition) is 10. The Labute approximate surface area is 176 Å². The molecule has 0 radical (unpaired) electrons. The maximum atomic E-state index is 10.2. The van der Waals surface area contributed by atoms with E-state index in [1.54, 1.807) is 6.07 Å². The van der Waals surface area contributed by atoms with Crippen molar-refractivity contribution in [2.45, 2.75) is 30.7 Å². The predicted molar refractivity (Wildman–Crippen MR) is 105 cm³/mol. The van der Waals surface area contributed by atoms with E-state index in [-0.39, 0.29) is 46.7 Å². The lowest BCUT2D eigenvalue weighted by Crippen LogP contribution is -2.53. The minimum absolute atomic E-state index is 0.0904. The van der Waals surface area contributed by atoms with Gasteiger partial charge in [0.1, 0.15) is 41.3 Å². The monoisotopic (exact) mass is 434 g/mol. The molecule has 4 rings (SSSR count). The van der Waals surface area contributed by atoms with Crippen LogP contribution in [0.2, 0.25) is 0 Å². The summed E-state index contributed by atoms with van der Waals surface area (Å²) in [6, 6.07) is 6.92. The van der Waals surface area contributed by atoms with Crippen molar-refractivity contribution in [2.24, 2.45) is 0 Å². The van der Waals surface area contributed by atoms with Crippen LogP contribution >= 0.6 is 0 Å². The average Bonchev–Trinajstić information content (AvgIpc) is 2.74. The van der Waals surface area contributed by atoms with E-state index in [0.717, 1.165) is 6.07 Å². The summed E-state index contributed by atoms with van der Waals surface area (Å²) < 4.78 is 22.2. The Hall–Kier alpha value is -3.18. The second-order valence-electron chi connectivity index (χ2n) is 7.22. The van der Waals surface area contributed by atoms with E-state index in [0.29, 0.717) is 5.56 Å². The molecule has 0 aromatic heterocycles. The number of ether oxygens (including phenoxy) is 4. The highest BCUT2D eigenvalue weighted by Crippen LogP contribution is 2.45. The fraction of sp³-hybridized carbons (Fsp3) is 0.333. The second kappa shape index (κ2) is 8.16. The molecule has 5 atom stereocenters. The summed E-state index contributed by atoms with van der Waals surface area (Å²) in [5.74, 6) is -0.112. The summed E-state index contributed by atoms with van der Waals surface area (Å²) in [4.78, 5) is 0. The van der Waals surface area contributed by atoms with Gasteiger partial charge in [-0.3, -0.25) is 0 Å². The molecular formula is C21H22O10. The van der Waals surface area contributed by atoms with Crippen molar-refractivity contribution in [3.8, 4) is 28.7 Å². The Morgan fingerprint density at radius 3 is 2.48 bits per heavy atom. The van der Waals surface area contributed by atoms with Gasteiger partial charge in [0, 0.05) is 17.7 Å². The quantitative estimate of drug-likeness (QED) is 0.405. The fourth-order valence-electron chi connectivity index (χ4n) is 3.45. The lowest BCUT2D eigenvalue weighted by molar-refractivity contribution is -0.261. The van der Waals surface area contributed by atoms with Crippen molar-refractivity contribution in [3.05, 3.63) is 47.2 Å². The van der Waals surface area contributed by atoms with Gasteiger partial charge in [0.05, 0.1) is 19.3 Å². The van der Waals surface area contributed by atoms with Gasteiger partial charge in [0.2, 0.25) is 6.29 Å². The van der Waals surface area contributed by atoms with Crippen LogP contribution in [-0.2, 0) is 9.47 Å². The summed E-state index contributed by atoms with van der Waals surface area (Å²) in [6.45, 7) is -0.259. The molecule has 5 unspecified atom stereocenters. The van der Waals surface area contributed by atoms with Crippen LogP contribution in [0.5, 0.6) is 28.7 Å². The van der Waals surface area contributed by atoms with Crippen molar-refractivity contribution >= 4 is 6.08 Å². The third-order valence-corrected chi connectivity index (χ3v) is 5.11. The number of rotatable bonds is 4. The van der Waals surface area contributed by atoms with Gasteiger partial charge in [-0.2, -0.15) is 0 Å². The first-order valence-electron chi connectivity index (χ1n) is 9.42. The molecule has 0 aliphatic carbocycles. The van der Waals surface area contributed by atoms with Crippen LogP contribution in [0, 0.1) is 0 Å². The van der Waals surface area contributed by atoms with Gasteiger partial charge in [-0.15, -0.1) is 0 Å². The third kappa shape index (κ3) is 3.93. The van der Waals surface area contributed by atoms with Crippen LogP contribution < -0.4 is 9.47 Å². The highest BCUT2D eigenvalue weighted by Gasteiger charge is 2.41. The standard InChI is InChI=1S/C21H22O10/c1-28-16-4-9(2-3-12(16)23)20-17(31-21-19(27)18(26)14(25)8-29-21)7-11-13(24)5-10(22)6-15(11)30-20/h2-7,14,18-27H,8H2,1H3. The molecule has 166 valence electrons. The fourth-order valence-corrected chi connectivity index (χ4v) is 3.45. The van der Waals surface area contributed by atoms with E-state index < -0.39 is 30.7 Å². The van der Waals surface area contributed by atoms with E-state index in [9.17, 15) is 30.6 Å². The summed E-state index contributed by atoms with van der Waals surface area (Å²) >= 11 is 0. The SMILES string of the molecule is COc1cc(C2Oc3cc(O)cc(O)c3C=C2OC2OCC(O)C(O)C2O)ccc1O. The zero-order valence-electron chi connectivity index (χ0n) is 16.4. The molecule has 10 nitrogen and oxygen atoms in total. The zero-order valence-corrected chi connectivity index (χ0v) is 16.4. The molecule has 0 bridgehead atoms. The molecular weight excluding hydrogens is 412 g/mol. The maximum Gasteiger partial charge on any atom is 0.228 e. The van der Waals surface area contributed by atoms with Crippen LogP contribution in [0.4, 0.5) is 0 Å². The Bertz CT molecular complexity index is 1000. The van der Waals surface area contributed by atoms with Crippen molar-refractivity contribution in [2.75, 3.05) is 13.7 Å². The van der Waals surface area contributed by atoms with Crippen LogP contribution in [0.25, 0.3) is 6.08 Å². The van der Waals surface area contributed by atoms with Gasteiger partial charge in [0.15, 0.2) is 17.6 Å². The molecule has 0 spiro atoms. The highest BCUT2D eigenvalue weighted by molar-refractivity contribution is 5.69. The van der Waals surface area contributed by atoms with Gasteiger partial charge < -0.3 is 49.6 Å². The van der Waals surface area contributed by atoms with Crippen LogP contribution in [0.3, 0.4) is 0 Å². The van der Waals surface area contributed by atoms with E-state index in [4.69, 9.17) is 18.9 Å². The molecule has 2 aromatic carbocycles. The Balaban J connectivity index is 1.74. The van der Waals surface area contributed by atoms with E-state index in [1.165, 1.54) is 31.4 Å². The number of methoxy groups -OCH3 is 1. The average molecular weight is 434 g/mol. The van der Waals surface area contributed by atoms with Gasteiger partial charge in [-0.1, -0.05) is 6.07 Å². The summed E-state index contributed by atoms with van der Waals surface area (Å²) in [7, 11) is 1.39. The summed E-state index contributed by atoms with van der Waals surface area (Å²) in [6.07, 6.45) is -5.11. The topological polar surface area (TPSA) is 158 Å². The smallest absolute Gasteiger partial charge is 0.228 e. The number of benzene rings is 2. The number of aliphatic hydroxyl groups excluding tert-OH is 3. The first-order chi connectivity index (χ1) is 14.8. The minimum Gasteiger partial charge on any atom is -0.508 e. The molecule has 2 aliphatic rings. The maximum absolute atomic E-state index is 10.2. The minimum atomic E-state index is -1.55. The normalized spacial score (nSPS) is 27.6. The predicted octanol–water partition coefficient (Wildman–Crippen LogP) is 0.742. The van der Waals surface area contributed by atoms with Crippen LogP contribution in [-0.4, -0.2) is 69.0 Å². The molecule has 1 saturated heterocycles. The molecule has 2 aromatic rings. The number of phenols is 3. The van der Waals surface area contributed by atoms with Gasteiger partial charge >= 0.3 is 0 Å². The molecule has 6 N–H and O–H groups in total. The Morgan fingerprint density at radius 1 is 0.968 bits per heavy atom. The molecule has 0 amide bonds. The van der Waals surface area contributed by atoms with E-state index >= 15 is 0 Å². The molecule has 2 aliphatic heterocycles. The number of hydrogen-bond donors (Lipinski definition) is 6. The third-order valence-electron chi connectivity index (χ3n) is 5.11. The van der Waals surface area contributed by atoms with E-state index in [2.05, 4.69) is 0 Å². The first-order valence-corrected chi connectivity index (χ1v) is 9.42. The van der Waals surface area contributed by atoms with Gasteiger partial charge in [0.25, 0.3) is 0 Å². The summed E-state index contributed by atoms with van der Waals surface area (Å²) in [5.41, 5.74) is 0.709. The second-order valence-corrected chi connectivity index (χ2v) is 7.22. The molecule has 0 saturated carbocycles. The Morgan fingerprint density at radius 2 is 1.74 bits per heavy atom. The largest absolute Gasteiger partial charge is 0.508 e. The van der Waals surface area contributed by atoms with Crippen molar-refractivity contribution < 1.29 is 49.6 Å². The number of aliphatic hydroxyl groups is 3. The first kappa shape index (κ1) is 21.1.